The van der Waals surface area contributed by atoms with Crippen LogP contribution in [0.1, 0.15) is 22.2 Å². The highest BCUT2D eigenvalue weighted by molar-refractivity contribution is 7.16. The number of carbonyl (C=O) groups excluding carboxylic acids is 1. The van der Waals surface area contributed by atoms with Crippen molar-refractivity contribution in [2.45, 2.75) is 13.5 Å². The van der Waals surface area contributed by atoms with Gasteiger partial charge in [-0.15, -0.1) is 11.3 Å². The lowest BCUT2D eigenvalue weighted by atomic mass is 10.1. The molecule has 0 aliphatic carbocycles. The Morgan fingerprint density at radius 1 is 1.24 bits per heavy atom. The van der Waals surface area contributed by atoms with Crippen molar-refractivity contribution in [1.82, 2.24) is 4.90 Å². The lowest BCUT2D eigenvalue weighted by Crippen LogP contribution is -2.30. The standard InChI is InChI=1S/C14H11Cl2F2NOS/c1-2-19(7-8-3-4-13(16)21-8)14(20)9-5-11(17)12(18)6-10(9)15/h3-6H,2,7H2,1H3. The average molecular weight is 350 g/mol. The molecular weight excluding hydrogens is 339 g/mol. The molecule has 0 unspecified atom stereocenters. The van der Waals surface area contributed by atoms with Crippen LogP contribution in [0.15, 0.2) is 24.3 Å². The van der Waals surface area contributed by atoms with E-state index in [9.17, 15) is 13.6 Å². The summed E-state index contributed by atoms with van der Waals surface area (Å²) in [6.07, 6.45) is 0. The normalized spacial score (nSPS) is 10.7. The molecule has 0 atom stereocenters. The zero-order valence-corrected chi connectivity index (χ0v) is 13.3. The van der Waals surface area contributed by atoms with E-state index in [4.69, 9.17) is 23.2 Å². The second kappa shape index (κ2) is 6.73. The van der Waals surface area contributed by atoms with Gasteiger partial charge in [0.15, 0.2) is 11.6 Å². The maximum atomic E-state index is 13.3. The highest BCUT2D eigenvalue weighted by Gasteiger charge is 2.20. The topological polar surface area (TPSA) is 20.3 Å². The molecule has 21 heavy (non-hydrogen) atoms. The van der Waals surface area contributed by atoms with E-state index in [1.807, 2.05) is 6.07 Å². The summed E-state index contributed by atoms with van der Waals surface area (Å²) >= 11 is 13.0. The van der Waals surface area contributed by atoms with E-state index in [0.717, 1.165) is 17.0 Å². The third kappa shape index (κ3) is 3.73. The predicted molar refractivity (Wildman–Crippen MR) is 81.1 cm³/mol. The second-order valence-corrected chi connectivity index (χ2v) is 6.48. The van der Waals surface area contributed by atoms with Crippen molar-refractivity contribution in [3.63, 3.8) is 0 Å². The van der Waals surface area contributed by atoms with Gasteiger partial charge in [-0.1, -0.05) is 23.2 Å². The van der Waals surface area contributed by atoms with E-state index in [1.165, 1.54) is 16.2 Å². The Kier molecular flexibility index (Phi) is 5.19. The minimum atomic E-state index is -1.10. The minimum Gasteiger partial charge on any atom is -0.334 e. The Bertz CT molecular complexity index is 675. The van der Waals surface area contributed by atoms with Crippen LogP contribution in [0.5, 0.6) is 0 Å². The number of halogens is 4. The van der Waals surface area contributed by atoms with Crippen molar-refractivity contribution in [3.8, 4) is 0 Å². The second-order valence-electron chi connectivity index (χ2n) is 4.27. The van der Waals surface area contributed by atoms with E-state index in [1.54, 1.807) is 13.0 Å². The van der Waals surface area contributed by atoms with E-state index >= 15 is 0 Å². The van der Waals surface area contributed by atoms with Crippen LogP contribution in [-0.2, 0) is 6.54 Å². The van der Waals surface area contributed by atoms with Crippen molar-refractivity contribution in [2.24, 2.45) is 0 Å². The molecule has 0 aliphatic heterocycles. The van der Waals surface area contributed by atoms with Gasteiger partial charge in [0.1, 0.15) is 0 Å². The molecule has 0 saturated heterocycles. The van der Waals surface area contributed by atoms with Crippen LogP contribution in [0.2, 0.25) is 9.36 Å². The molecule has 2 rings (SSSR count). The number of hydrogen-bond donors (Lipinski definition) is 0. The monoisotopic (exact) mass is 349 g/mol. The van der Waals surface area contributed by atoms with Crippen LogP contribution in [0.3, 0.4) is 0 Å². The van der Waals surface area contributed by atoms with Gasteiger partial charge in [-0.25, -0.2) is 8.78 Å². The summed E-state index contributed by atoms with van der Waals surface area (Å²) in [5.74, 6) is -2.63. The highest BCUT2D eigenvalue weighted by atomic mass is 35.5. The fraction of sp³-hybridized carbons (Fsp3) is 0.214. The molecule has 0 saturated carbocycles. The number of rotatable bonds is 4. The molecule has 0 spiro atoms. The molecule has 1 aromatic carbocycles. The Morgan fingerprint density at radius 3 is 2.48 bits per heavy atom. The summed E-state index contributed by atoms with van der Waals surface area (Å²) in [5, 5.41) is -0.110. The number of hydrogen-bond acceptors (Lipinski definition) is 2. The van der Waals surface area contributed by atoms with Gasteiger partial charge in [0, 0.05) is 11.4 Å². The zero-order chi connectivity index (χ0) is 15.6. The number of benzene rings is 1. The van der Waals surface area contributed by atoms with E-state index in [2.05, 4.69) is 0 Å². The molecule has 7 heteroatoms. The van der Waals surface area contributed by atoms with Crippen LogP contribution in [0.4, 0.5) is 8.78 Å². The van der Waals surface area contributed by atoms with Crippen LogP contribution in [0.25, 0.3) is 0 Å². The van der Waals surface area contributed by atoms with E-state index < -0.39 is 17.5 Å². The predicted octanol–water partition coefficient (Wildman–Crippen LogP) is 5.00. The minimum absolute atomic E-state index is 0.0555. The van der Waals surface area contributed by atoms with Crippen molar-refractivity contribution in [1.29, 1.82) is 0 Å². The van der Waals surface area contributed by atoms with Crippen LogP contribution >= 0.6 is 34.5 Å². The van der Waals surface area contributed by atoms with Crippen molar-refractivity contribution >= 4 is 40.4 Å². The van der Waals surface area contributed by atoms with Gasteiger partial charge in [0.2, 0.25) is 0 Å². The quantitative estimate of drug-likeness (QED) is 0.711. The molecule has 112 valence electrons. The largest absolute Gasteiger partial charge is 0.334 e. The first-order valence-corrected chi connectivity index (χ1v) is 7.67. The summed E-state index contributed by atoms with van der Waals surface area (Å²) in [5.41, 5.74) is -0.0555. The Labute approximate surface area is 134 Å². The van der Waals surface area contributed by atoms with Crippen LogP contribution in [0, 0.1) is 11.6 Å². The molecule has 0 bridgehead atoms. The zero-order valence-electron chi connectivity index (χ0n) is 11.0. The lowest BCUT2D eigenvalue weighted by Gasteiger charge is -2.20. The summed E-state index contributed by atoms with van der Waals surface area (Å²) in [7, 11) is 0. The van der Waals surface area contributed by atoms with Gasteiger partial charge in [-0.3, -0.25) is 4.79 Å². The number of nitrogens with zero attached hydrogens (tertiary/aromatic N) is 1. The molecule has 0 N–H and O–H groups in total. The Hall–Kier alpha value is -1.17. The molecular formula is C14H11Cl2F2NOS. The summed E-state index contributed by atoms with van der Waals surface area (Å²) in [6, 6.07) is 5.18. The molecule has 1 amide bonds. The van der Waals surface area contributed by atoms with Crippen LogP contribution < -0.4 is 0 Å². The summed E-state index contributed by atoms with van der Waals surface area (Å²) in [6.45, 7) is 2.53. The van der Waals surface area contributed by atoms with E-state index in [0.29, 0.717) is 17.4 Å². The number of carbonyl (C=O) groups is 1. The van der Waals surface area contributed by atoms with Crippen molar-refractivity contribution in [3.05, 3.63) is 55.7 Å². The molecule has 2 nitrogen and oxygen atoms in total. The lowest BCUT2D eigenvalue weighted by molar-refractivity contribution is 0.0753. The van der Waals surface area contributed by atoms with Gasteiger partial charge >= 0.3 is 0 Å². The maximum absolute atomic E-state index is 13.3. The maximum Gasteiger partial charge on any atom is 0.255 e. The molecule has 0 fully saturated rings. The fourth-order valence-corrected chi connectivity index (χ4v) is 3.14. The summed E-state index contributed by atoms with van der Waals surface area (Å²) < 4.78 is 27.0. The SMILES string of the molecule is CCN(Cc1ccc(Cl)s1)C(=O)c1cc(F)c(F)cc1Cl. The summed E-state index contributed by atoms with van der Waals surface area (Å²) in [4.78, 5) is 14.8. The number of amides is 1. The van der Waals surface area contributed by atoms with Gasteiger partial charge in [-0.05, 0) is 31.2 Å². The van der Waals surface area contributed by atoms with Crippen molar-refractivity contribution in [2.75, 3.05) is 6.54 Å². The molecule has 1 aromatic heterocycles. The van der Waals surface area contributed by atoms with E-state index in [-0.39, 0.29) is 10.6 Å². The average Bonchev–Trinajstić information content (AvgIpc) is 2.85. The Balaban J connectivity index is 2.26. The highest BCUT2D eigenvalue weighted by Crippen LogP contribution is 2.25. The van der Waals surface area contributed by atoms with Gasteiger partial charge in [0.05, 0.1) is 21.5 Å². The molecule has 0 radical (unpaired) electrons. The fourth-order valence-electron chi connectivity index (χ4n) is 1.81. The van der Waals surface area contributed by atoms with Crippen molar-refractivity contribution < 1.29 is 13.6 Å². The molecule has 0 aliphatic rings. The smallest absolute Gasteiger partial charge is 0.255 e. The van der Waals surface area contributed by atoms with Crippen LogP contribution in [-0.4, -0.2) is 17.4 Å². The third-order valence-electron chi connectivity index (χ3n) is 2.88. The first-order chi connectivity index (χ1) is 9.92. The number of thiophene rings is 1. The molecule has 1 heterocycles. The van der Waals surface area contributed by atoms with Gasteiger partial charge in [0.25, 0.3) is 5.91 Å². The third-order valence-corrected chi connectivity index (χ3v) is 4.41. The Morgan fingerprint density at radius 2 is 1.90 bits per heavy atom. The first-order valence-electron chi connectivity index (χ1n) is 6.10. The molecule has 2 aromatic rings. The van der Waals surface area contributed by atoms with Gasteiger partial charge < -0.3 is 4.90 Å². The van der Waals surface area contributed by atoms with Gasteiger partial charge in [-0.2, -0.15) is 0 Å². The first kappa shape index (κ1) is 16.2.